The van der Waals surface area contributed by atoms with Crippen molar-refractivity contribution in [3.05, 3.63) is 0 Å². The smallest absolute Gasteiger partial charge is 0.217 e. The fourth-order valence-corrected chi connectivity index (χ4v) is 4.76. The molecule has 2 amide bonds. The van der Waals surface area contributed by atoms with E-state index in [1.54, 1.807) is 0 Å². The van der Waals surface area contributed by atoms with Crippen molar-refractivity contribution in [3.63, 3.8) is 0 Å². The number of aliphatic hydroxyl groups excluding tert-OH is 9. The second-order valence-corrected chi connectivity index (χ2v) is 9.85. The lowest BCUT2D eigenvalue weighted by atomic mass is 9.94. The molecule has 0 aromatic rings. The van der Waals surface area contributed by atoms with Gasteiger partial charge in [0.2, 0.25) is 11.8 Å². The zero-order valence-electron chi connectivity index (χ0n) is 21.7. The van der Waals surface area contributed by atoms with Gasteiger partial charge in [0.15, 0.2) is 18.9 Å². The highest BCUT2D eigenvalue weighted by Crippen LogP contribution is 2.30. The first-order valence-corrected chi connectivity index (χ1v) is 12.6. The quantitative estimate of drug-likeness (QED) is 0.120. The molecule has 3 rings (SSSR count). The van der Waals surface area contributed by atoms with E-state index in [1.165, 1.54) is 0 Å². The van der Waals surface area contributed by atoms with Gasteiger partial charge in [-0.2, -0.15) is 0 Å². The molecule has 40 heavy (non-hydrogen) atoms. The Kier molecular flexibility index (Phi) is 11.5. The van der Waals surface area contributed by atoms with E-state index >= 15 is 0 Å². The van der Waals surface area contributed by atoms with Crippen LogP contribution in [0.15, 0.2) is 0 Å². The van der Waals surface area contributed by atoms with Gasteiger partial charge in [-0.25, -0.2) is 0 Å². The molecule has 0 spiro atoms. The van der Waals surface area contributed by atoms with Gasteiger partial charge in [-0.05, 0) is 0 Å². The monoisotopic (exact) mass is 586 g/mol. The van der Waals surface area contributed by atoms with Crippen molar-refractivity contribution in [1.29, 1.82) is 0 Å². The topological polar surface area (TPSA) is 286 Å². The van der Waals surface area contributed by atoms with Crippen LogP contribution < -0.4 is 10.6 Å². The fraction of sp³-hybridized carbons (Fsp3) is 0.909. The molecular weight excluding hydrogens is 548 g/mol. The molecule has 3 heterocycles. The number of carbonyl (C=O) groups excluding carboxylic acids is 2. The summed E-state index contributed by atoms with van der Waals surface area (Å²) in [5.74, 6) is -1.29. The predicted molar refractivity (Wildman–Crippen MR) is 124 cm³/mol. The molecule has 15 atom stereocenters. The second kappa shape index (κ2) is 14.0. The van der Waals surface area contributed by atoms with Gasteiger partial charge in [-0.3, -0.25) is 9.59 Å². The lowest BCUT2D eigenvalue weighted by Crippen LogP contribution is -2.70. The Bertz CT molecular complexity index is 854. The van der Waals surface area contributed by atoms with Crippen LogP contribution in [0, 0.1) is 0 Å². The summed E-state index contributed by atoms with van der Waals surface area (Å²) in [5.41, 5.74) is 0. The second-order valence-electron chi connectivity index (χ2n) is 9.85. The Labute approximate surface area is 228 Å². The summed E-state index contributed by atoms with van der Waals surface area (Å²) in [7, 11) is 0. The van der Waals surface area contributed by atoms with E-state index in [-0.39, 0.29) is 0 Å². The minimum Gasteiger partial charge on any atom is -0.394 e. The van der Waals surface area contributed by atoms with E-state index in [0.29, 0.717) is 0 Å². The molecule has 0 aliphatic carbocycles. The van der Waals surface area contributed by atoms with Gasteiger partial charge in [0, 0.05) is 13.8 Å². The highest BCUT2D eigenvalue weighted by Gasteiger charge is 2.52. The molecule has 0 aromatic carbocycles. The normalized spacial score (nSPS) is 46.0. The third-order valence-corrected chi connectivity index (χ3v) is 6.88. The molecule has 0 radical (unpaired) electrons. The van der Waals surface area contributed by atoms with Gasteiger partial charge in [0.1, 0.15) is 73.1 Å². The Morgan fingerprint density at radius 1 is 0.650 bits per heavy atom. The Hall–Kier alpha value is -1.62. The van der Waals surface area contributed by atoms with Crippen LogP contribution in [-0.4, -0.2) is 170 Å². The number of rotatable bonds is 9. The first kappa shape index (κ1) is 32.9. The average molecular weight is 587 g/mol. The number of amides is 2. The van der Waals surface area contributed by atoms with Crippen LogP contribution in [0.25, 0.3) is 0 Å². The fourth-order valence-electron chi connectivity index (χ4n) is 4.76. The minimum atomic E-state index is -1.86. The van der Waals surface area contributed by atoms with E-state index in [2.05, 4.69) is 10.6 Å². The number of ether oxygens (including phenoxy) is 5. The van der Waals surface area contributed by atoms with Crippen molar-refractivity contribution in [1.82, 2.24) is 10.6 Å². The third-order valence-electron chi connectivity index (χ3n) is 6.88. The Morgan fingerprint density at radius 3 is 1.75 bits per heavy atom. The zero-order valence-corrected chi connectivity index (χ0v) is 21.7. The first-order chi connectivity index (χ1) is 18.8. The van der Waals surface area contributed by atoms with E-state index in [4.69, 9.17) is 23.7 Å². The lowest BCUT2D eigenvalue weighted by Gasteiger charge is -2.48. The maximum atomic E-state index is 12.1. The molecule has 232 valence electrons. The highest BCUT2D eigenvalue weighted by molar-refractivity contribution is 5.73. The highest BCUT2D eigenvalue weighted by atomic mass is 16.7. The number of carbonyl (C=O) groups is 2. The number of hydrogen-bond acceptors (Lipinski definition) is 16. The van der Waals surface area contributed by atoms with E-state index < -0.39 is 124 Å². The summed E-state index contributed by atoms with van der Waals surface area (Å²) in [4.78, 5) is 23.9. The van der Waals surface area contributed by atoms with Crippen LogP contribution in [0.3, 0.4) is 0 Å². The van der Waals surface area contributed by atoms with E-state index in [9.17, 15) is 55.5 Å². The number of aliphatic hydroxyl groups is 9. The van der Waals surface area contributed by atoms with Gasteiger partial charge < -0.3 is 80.3 Å². The molecule has 3 unspecified atom stereocenters. The molecule has 0 aromatic heterocycles. The summed E-state index contributed by atoms with van der Waals surface area (Å²) in [6.07, 6.45) is -20.9. The summed E-state index contributed by atoms with van der Waals surface area (Å²) in [5, 5.41) is 95.6. The molecule has 3 fully saturated rings. The molecule has 18 heteroatoms. The summed E-state index contributed by atoms with van der Waals surface area (Å²) in [6, 6.07) is -2.79. The predicted octanol–water partition coefficient (Wildman–Crippen LogP) is -7.29. The van der Waals surface area contributed by atoms with Gasteiger partial charge in [-0.1, -0.05) is 0 Å². The van der Waals surface area contributed by atoms with Crippen molar-refractivity contribution in [2.45, 2.75) is 106 Å². The van der Waals surface area contributed by atoms with Gasteiger partial charge >= 0.3 is 0 Å². The standard InChI is InChI=1S/C22H38N2O16/c1-6(27)23-11-16(32)13(29)8(3-25)39-22(11)40-19-12(24-7(2)28)21(38-9(4-26)15(19)31)36-5-10-14(30)17(33)18(34)20(35)37-10/h8-22,25-26,29-35H,3-5H2,1-2H3,(H,23,27)(H,24,28)/t8-,9-,10-,11-,12-,13-,14+,15-,16-,17+,18-,19-,20?,21?,22?/m1/s1. The van der Waals surface area contributed by atoms with Crippen LogP contribution in [0.2, 0.25) is 0 Å². The number of nitrogens with one attached hydrogen (secondary N) is 2. The average Bonchev–Trinajstić information content (AvgIpc) is 2.90. The Balaban J connectivity index is 1.86. The van der Waals surface area contributed by atoms with Crippen molar-refractivity contribution in [2.75, 3.05) is 19.8 Å². The maximum absolute atomic E-state index is 12.1. The molecule has 0 bridgehead atoms. The van der Waals surface area contributed by atoms with Gasteiger partial charge in [-0.15, -0.1) is 0 Å². The minimum absolute atomic E-state index is 0.588. The van der Waals surface area contributed by atoms with Crippen LogP contribution in [-0.2, 0) is 33.3 Å². The molecule has 0 saturated carbocycles. The van der Waals surface area contributed by atoms with Crippen LogP contribution in [0.1, 0.15) is 13.8 Å². The molecule has 18 nitrogen and oxygen atoms in total. The summed E-state index contributed by atoms with van der Waals surface area (Å²) in [6.45, 7) is 0.131. The maximum Gasteiger partial charge on any atom is 0.217 e. The van der Waals surface area contributed by atoms with E-state index in [0.717, 1.165) is 13.8 Å². The van der Waals surface area contributed by atoms with Crippen LogP contribution >= 0.6 is 0 Å². The molecule has 3 aliphatic rings. The van der Waals surface area contributed by atoms with Crippen molar-refractivity contribution in [3.8, 4) is 0 Å². The summed E-state index contributed by atoms with van der Waals surface area (Å²) >= 11 is 0. The Morgan fingerprint density at radius 2 is 1.18 bits per heavy atom. The van der Waals surface area contributed by atoms with E-state index in [1.807, 2.05) is 0 Å². The molecule has 11 N–H and O–H groups in total. The number of hydrogen-bond donors (Lipinski definition) is 11. The summed E-state index contributed by atoms with van der Waals surface area (Å²) < 4.78 is 27.7. The molecular formula is C22H38N2O16. The van der Waals surface area contributed by atoms with Crippen LogP contribution in [0.4, 0.5) is 0 Å². The zero-order chi connectivity index (χ0) is 29.9. The van der Waals surface area contributed by atoms with Crippen molar-refractivity contribution >= 4 is 11.8 Å². The third kappa shape index (κ3) is 7.23. The van der Waals surface area contributed by atoms with Crippen molar-refractivity contribution < 1.29 is 79.2 Å². The van der Waals surface area contributed by atoms with Crippen LogP contribution in [0.5, 0.6) is 0 Å². The molecule has 3 aliphatic heterocycles. The first-order valence-electron chi connectivity index (χ1n) is 12.6. The van der Waals surface area contributed by atoms with Gasteiger partial charge in [0.05, 0.1) is 19.8 Å². The van der Waals surface area contributed by atoms with Crippen molar-refractivity contribution in [2.24, 2.45) is 0 Å². The lowest BCUT2D eigenvalue weighted by molar-refractivity contribution is -0.336. The molecule has 3 saturated heterocycles. The largest absolute Gasteiger partial charge is 0.394 e. The van der Waals surface area contributed by atoms with Gasteiger partial charge in [0.25, 0.3) is 0 Å². The SMILES string of the molecule is CC(=O)N[C@H]1C(O[C@H]2[C@H](O)[C@@H](CO)OC(OC[C@H]3OC(O)[C@H](O)[C@@H](O)[C@H]3O)[C@@H]2NC(C)=O)O[C@H](CO)[C@@H](O)[C@@H]1O.